The van der Waals surface area contributed by atoms with Crippen molar-refractivity contribution < 1.29 is 0 Å². The fourth-order valence-corrected chi connectivity index (χ4v) is 4.07. The van der Waals surface area contributed by atoms with Crippen LogP contribution in [0.3, 0.4) is 0 Å². The molecule has 0 amide bonds. The smallest absolute Gasteiger partial charge is 0.0277 e. The molecule has 1 aliphatic carbocycles. The van der Waals surface area contributed by atoms with Gasteiger partial charge in [0.2, 0.25) is 0 Å². The molecular weight excluding hydrogens is 208 g/mol. The second-order valence-electron chi connectivity index (χ2n) is 5.80. The Morgan fingerprint density at radius 2 is 1.88 bits per heavy atom. The zero-order chi connectivity index (χ0) is 13.2. The van der Waals surface area contributed by atoms with Crippen LogP contribution in [0.2, 0.25) is 0 Å². The van der Waals surface area contributed by atoms with E-state index < -0.39 is 0 Å². The summed E-state index contributed by atoms with van der Waals surface area (Å²) in [6.45, 7) is 11.5. The highest BCUT2D eigenvalue weighted by Gasteiger charge is 2.49. The summed E-state index contributed by atoms with van der Waals surface area (Å²) in [5.41, 5.74) is 9.58. The Morgan fingerprint density at radius 1 is 1.35 bits per heavy atom. The van der Waals surface area contributed by atoms with Gasteiger partial charge >= 0.3 is 0 Å². The lowest BCUT2D eigenvalue weighted by Crippen LogP contribution is -2.47. The number of hydrogen-bond acceptors (Lipinski definition) is 2. The minimum absolute atomic E-state index is 0.158. The molecule has 0 aromatic carbocycles. The van der Waals surface area contributed by atoms with E-state index in [1.165, 1.54) is 5.57 Å². The molecule has 0 heterocycles. The highest BCUT2D eigenvalue weighted by atomic mass is 14.8. The standard InChI is InChI=1S/C15H28N2/c1-7-13-12(9-17-6)8-14(16)15(13,10(2)3)11(4)5/h9-11,14H,7-8,16H2,1-6H3/b17-9-. The first kappa shape index (κ1) is 14.4. The van der Waals surface area contributed by atoms with Gasteiger partial charge in [-0.15, -0.1) is 0 Å². The topological polar surface area (TPSA) is 38.4 Å². The SMILES string of the molecule is CCC1=C(/C=N\C)CC(N)C1(C(C)C)C(C)C. The van der Waals surface area contributed by atoms with E-state index in [-0.39, 0.29) is 11.5 Å². The van der Waals surface area contributed by atoms with Crippen molar-refractivity contribution in [3.63, 3.8) is 0 Å². The molecule has 2 N–H and O–H groups in total. The normalized spacial score (nSPS) is 24.6. The summed E-state index contributed by atoms with van der Waals surface area (Å²) < 4.78 is 0. The Balaban J connectivity index is 3.36. The summed E-state index contributed by atoms with van der Waals surface area (Å²) in [5, 5.41) is 0. The lowest BCUT2D eigenvalue weighted by molar-refractivity contribution is 0.132. The van der Waals surface area contributed by atoms with Crippen LogP contribution in [0, 0.1) is 17.3 Å². The van der Waals surface area contributed by atoms with Crippen LogP contribution in [0.15, 0.2) is 16.1 Å². The van der Waals surface area contributed by atoms with Gasteiger partial charge in [0.1, 0.15) is 0 Å². The third-order valence-electron chi connectivity index (χ3n) is 4.51. The highest BCUT2D eigenvalue weighted by Crippen LogP contribution is 2.53. The molecule has 1 atom stereocenters. The molecule has 2 heteroatoms. The van der Waals surface area contributed by atoms with E-state index in [1.807, 2.05) is 13.3 Å². The zero-order valence-electron chi connectivity index (χ0n) is 12.2. The number of hydrogen-bond donors (Lipinski definition) is 1. The molecule has 0 aliphatic heterocycles. The maximum atomic E-state index is 6.50. The van der Waals surface area contributed by atoms with Crippen molar-refractivity contribution in [1.82, 2.24) is 0 Å². The van der Waals surface area contributed by atoms with E-state index in [4.69, 9.17) is 5.73 Å². The van der Waals surface area contributed by atoms with E-state index in [0.717, 1.165) is 12.8 Å². The molecule has 0 spiro atoms. The van der Waals surface area contributed by atoms with Crippen molar-refractivity contribution in [1.29, 1.82) is 0 Å². The van der Waals surface area contributed by atoms with Crippen LogP contribution in [0.1, 0.15) is 47.5 Å². The van der Waals surface area contributed by atoms with Crippen LogP contribution in [-0.4, -0.2) is 19.3 Å². The van der Waals surface area contributed by atoms with E-state index in [9.17, 15) is 0 Å². The zero-order valence-corrected chi connectivity index (χ0v) is 12.2. The van der Waals surface area contributed by atoms with Gasteiger partial charge in [0, 0.05) is 24.7 Å². The Hall–Kier alpha value is -0.630. The number of nitrogens with two attached hydrogens (primary N) is 1. The molecule has 1 aliphatic rings. The van der Waals surface area contributed by atoms with Crippen molar-refractivity contribution in [3.8, 4) is 0 Å². The molecule has 0 bridgehead atoms. The minimum atomic E-state index is 0.158. The van der Waals surface area contributed by atoms with Gasteiger partial charge in [-0.25, -0.2) is 0 Å². The van der Waals surface area contributed by atoms with Crippen molar-refractivity contribution >= 4 is 6.21 Å². The Morgan fingerprint density at radius 3 is 2.24 bits per heavy atom. The minimum Gasteiger partial charge on any atom is -0.327 e. The van der Waals surface area contributed by atoms with Gasteiger partial charge in [-0.05, 0) is 30.3 Å². The van der Waals surface area contributed by atoms with Crippen LogP contribution in [0.25, 0.3) is 0 Å². The monoisotopic (exact) mass is 236 g/mol. The predicted molar refractivity (Wildman–Crippen MR) is 76.4 cm³/mol. The average Bonchev–Trinajstić information content (AvgIpc) is 2.51. The number of nitrogens with zero attached hydrogens (tertiary/aromatic N) is 1. The lowest BCUT2D eigenvalue weighted by atomic mass is 9.62. The predicted octanol–water partition coefficient (Wildman–Crippen LogP) is 3.42. The van der Waals surface area contributed by atoms with E-state index in [1.54, 1.807) is 5.57 Å². The number of aliphatic imine (C=N–C) groups is 1. The van der Waals surface area contributed by atoms with Crippen molar-refractivity contribution in [2.75, 3.05) is 7.05 Å². The van der Waals surface area contributed by atoms with Gasteiger partial charge in [-0.1, -0.05) is 40.2 Å². The lowest BCUT2D eigenvalue weighted by Gasteiger charge is -2.44. The molecule has 1 unspecified atom stereocenters. The van der Waals surface area contributed by atoms with Crippen LogP contribution in [0.5, 0.6) is 0 Å². The van der Waals surface area contributed by atoms with E-state index in [0.29, 0.717) is 11.8 Å². The molecule has 98 valence electrons. The fraction of sp³-hybridized carbons (Fsp3) is 0.800. The Bertz CT molecular complexity index is 316. The summed E-state index contributed by atoms with van der Waals surface area (Å²) >= 11 is 0. The second-order valence-corrected chi connectivity index (χ2v) is 5.80. The van der Waals surface area contributed by atoms with Crippen molar-refractivity contribution in [2.24, 2.45) is 28.0 Å². The maximum absolute atomic E-state index is 6.50. The molecule has 2 nitrogen and oxygen atoms in total. The summed E-state index contributed by atoms with van der Waals surface area (Å²) in [6.07, 6.45) is 4.09. The van der Waals surface area contributed by atoms with Gasteiger partial charge in [0.05, 0.1) is 0 Å². The third kappa shape index (κ3) is 2.08. The van der Waals surface area contributed by atoms with Gasteiger partial charge in [0.25, 0.3) is 0 Å². The molecule has 0 saturated carbocycles. The molecule has 0 saturated heterocycles. The molecule has 1 rings (SSSR count). The van der Waals surface area contributed by atoms with Gasteiger partial charge in [-0.3, -0.25) is 4.99 Å². The average molecular weight is 236 g/mol. The molecule has 17 heavy (non-hydrogen) atoms. The molecule has 0 radical (unpaired) electrons. The molecule has 0 aromatic rings. The first-order chi connectivity index (χ1) is 7.92. The molecule has 0 aromatic heterocycles. The Labute approximate surface area is 106 Å². The van der Waals surface area contributed by atoms with Gasteiger partial charge in [0.15, 0.2) is 0 Å². The second kappa shape index (κ2) is 5.34. The van der Waals surface area contributed by atoms with Crippen LogP contribution in [-0.2, 0) is 0 Å². The van der Waals surface area contributed by atoms with Gasteiger partial charge < -0.3 is 5.73 Å². The summed E-state index contributed by atoms with van der Waals surface area (Å²) in [4.78, 5) is 4.20. The first-order valence-corrected chi connectivity index (χ1v) is 6.83. The third-order valence-corrected chi connectivity index (χ3v) is 4.51. The molecular formula is C15H28N2. The maximum Gasteiger partial charge on any atom is 0.0277 e. The number of rotatable bonds is 4. The van der Waals surface area contributed by atoms with Crippen molar-refractivity contribution in [3.05, 3.63) is 11.1 Å². The summed E-state index contributed by atoms with van der Waals surface area (Å²) in [7, 11) is 1.84. The van der Waals surface area contributed by atoms with E-state index >= 15 is 0 Å². The summed E-state index contributed by atoms with van der Waals surface area (Å²) in [6, 6.07) is 0.241. The highest BCUT2D eigenvalue weighted by molar-refractivity contribution is 5.81. The Kier molecular flexibility index (Phi) is 4.54. The summed E-state index contributed by atoms with van der Waals surface area (Å²) in [5.74, 6) is 1.16. The van der Waals surface area contributed by atoms with Crippen molar-refractivity contribution in [2.45, 2.75) is 53.5 Å². The quantitative estimate of drug-likeness (QED) is 0.746. The van der Waals surface area contributed by atoms with Crippen LogP contribution >= 0.6 is 0 Å². The van der Waals surface area contributed by atoms with Crippen LogP contribution in [0.4, 0.5) is 0 Å². The largest absolute Gasteiger partial charge is 0.327 e. The fourth-order valence-electron chi connectivity index (χ4n) is 4.07. The van der Waals surface area contributed by atoms with E-state index in [2.05, 4.69) is 39.6 Å². The van der Waals surface area contributed by atoms with Crippen LogP contribution < -0.4 is 5.73 Å². The molecule has 0 fully saturated rings. The van der Waals surface area contributed by atoms with Gasteiger partial charge in [-0.2, -0.15) is 0 Å². The first-order valence-electron chi connectivity index (χ1n) is 6.83.